The van der Waals surface area contributed by atoms with Crippen LogP contribution in [-0.2, 0) is 16.0 Å². The maximum atomic E-state index is 12.0. The number of allylic oxidation sites excluding steroid dienone is 1. The first-order valence-electron chi connectivity index (χ1n) is 7.28. The minimum Gasteiger partial charge on any atom is -0.457 e. The predicted octanol–water partition coefficient (Wildman–Crippen LogP) is 4.40. The van der Waals surface area contributed by atoms with E-state index >= 15 is 0 Å². The van der Waals surface area contributed by atoms with Crippen molar-refractivity contribution in [2.45, 2.75) is 46.1 Å². The number of thioether (sulfide) groups is 1. The molecular formula is C18H25NO2S. The van der Waals surface area contributed by atoms with Crippen molar-refractivity contribution in [3.05, 3.63) is 58.0 Å². The number of esters is 1. The van der Waals surface area contributed by atoms with Crippen LogP contribution in [0.4, 0.5) is 0 Å². The fourth-order valence-corrected chi connectivity index (χ4v) is 2.42. The van der Waals surface area contributed by atoms with E-state index in [9.17, 15) is 4.79 Å². The van der Waals surface area contributed by atoms with E-state index in [-0.39, 0.29) is 5.97 Å². The molecular weight excluding hydrogens is 294 g/mol. The molecule has 1 rings (SSSR count). The first kappa shape index (κ1) is 18.4. The van der Waals surface area contributed by atoms with Gasteiger partial charge in [0.25, 0.3) is 0 Å². The van der Waals surface area contributed by atoms with E-state index in [4.69, 9.17) is 10.5 Å². The molecule has 0 atom stereocenters. The van der Waals surface area contributed by atoms with Gasteiger partial charge in [0.2, 0.25) is 0 Å². The van der Waals surface area contributed by atoms with Gasteiger partial charge >= 0.3 is 5.97 Å². The van der Waals surface area contributed by atoms with Gasteiger partial charge in [0.1, 0.15) is 5.60 Å². The number of ether oxygens (including phenoxy) is 1. The van der Waals surface area contributed by atoms with Crippen LogP contribution in [0.15, 0.2) is 52.4 Å². The van der Waals surface area contributed by atoms with E-state index in [1.165, 1.54) is 17.3 Å². The average molecular weight is 319 g/mol. The SMILES string of the molecule is C=C(CCc1ccccc1)S/C(N)=C(\C)C(=O)OC(C)(C)C. The zero-order valence-corrected chi connectivity index (χ0v) is 14.6. The highest BCUT2D eigenvalue weighted by Gasteiger charge is 2.19. The first-order chi connectivity index (χ1) is 10.2. The van der Waals surface area contributed by atoms with Crippen LogP contribution in [0.1, 0.15) is 39.7 Å². The van der Waals surface area contributed by atoms with Crippen molar-refractivity contribution in [1.29, 1.82) is 0 Å². The second-order valence-electron chi connectivity index (χ2n) is 6.12. The Labute approximate surface area is 137 Å². The summed E-state index contributed by atoms with van der Waals surface area (Å²) in [6.07, 6.45) is 1.72. The lowest BCUT2D eigenvalue weighted by atomic mass is 10.1. The highest BCUT2D eigenvalue weighted by molar-refractivity contribution is 8.06. The van der Waals surface area contributed by atoms with Gasteiger partial charge in [-0.05, 0) is 51.0 Å². The zero-order chi connectivity index (χ0) is 16.8. The van der Waals surface area contributed by atoms with Gasteiger partial charge in [-0.25, -0.2) is 4.79 Å². The minimum absolute atomic E-state index is 0.381. The number of carbonyl (C=O) groups excluding carboxylic acids is 1. The quantitative estimate of drug-likeness (QED) is 0.624. The Morgan fingerprint density at radius 1 is 1.27 bits per heavy atom. The lowest BCUT2D eigenvalue weighted by molar-refractivity contribution is -0.149. The number of carbonyl (C=O) groups is 1. The molecule has 2 N–H and O–H groups in total. The van der Waals surface area contributed by atoms with Gasteiger partial charge in [-0.15, -0.1) is 0 Å². The fourth-order valence-electron chi connectivity index (χ4n) is 1.67. The van der Waals surface area contributed by atoms with Crippen LogP contribution < -0.4 is 5.73 Å². The van der Waals surface area contributed by atoms with Gasteiger partial charge in [-0.3, -0.25) is 0 Å². The van der Waals surface area contributed by atoms with Crippen LogP contribution in [0.2, 0.25) is 0 Å². The number of benzene rings is 1. The summed E-state index contributed by atoms with van der Waals surface area (Å²) in [5, 5.41) is 0.451. The first-order valence-corrected chi connectivity index (χ1v) is 8.10. The number of hydrogen-bond donors (Lipinski definition) is 1. The summed E-state index contributed by atoms with van der Waals surface area (Å²) in [6.45, 7) is 11.2. The van der Waals surface area contributed by atoms with Crippen molar-refractivity contribution in [3.63, 3.8) is 0 Å². The van der Waals surface area contributed by atoms with Crippen molar-refractivity contribution in [2.75, 3.05) is 0 Å². The molecule has 0 unspecified atom stereocenters. The molecule has 0 heterocycles. The smallest absolute Gasteiger partial charge is 0.336 e. The van der Waals surface area contributed by atoms with Crippen molar-refractivity contribution in [1.82, 2.24) is 0 Å². The van der Waals surface area contributed by atoms with Crippen LogP contribution in [0.25, 0.3) is 0 Å². The molecule has 1 aromatic rings. The second kappa shape index (κ2) is 8.08. The lowest BCUT2D eigenvalue weighted by Crippen LogP contribution is -2.25. The molecule has 0 aromatic heterocycles. The van der Waals surface area contributed by atoms with Crippen LogP contribution in [0.3, 0.4) is 0 Å². The maximum absolute atomic E-state index is 12.0. The van der Waals surface area contributed by atoms with Crippen LogP contribution in [-0.4, -0.2) is 11.6 Å². The van der Waals surface area contributed by atoms with Crippen molar-refractivity contribution < 1.29 is 9.53 Å². The second-order valence-corrected chi connectivity index (χ2v) is 7.34. The maximum Gasteiger partial charge on any atom is 0.336 e. The monoisotopic (exact) mass is 319 g/mol. The van der Waals surface area contributed by atoms with Crippen LogP contribution in [0.5, 0.6) is 0 Å². The van der Waals surface area contributed by atoms with Crippen LogP contribution >= 0.6 is 11.8 Å². The molecule has 0 aliphatic heterocycles. The third-order valence-corrected chi connectivity index (χ3v) is 3.88. The zero-order valence-electron chi connectivity index (χ0n) is 13.8. The molecule has 120 valence electrons. The molecule has 0 radical (unpaired) electrons. The molecule has 0 bridgehead atoms. The Hall–Kier alpha value is -1.68. The molecule has 4 heteroatoms. The van der Waals surface area contributed by atoms with E-state index in [0.717, 1.165) is 17.7 Å². The topological polar surface area (TPSA) is 52.3 Å². The van der Waals surface area contributed by atoms with Crippen molar-refractivity contribution in [3.8, 4) is 0 Å². The number of aryl methyl sites for hydroxylation is 1. The molecule has 0 saturated heterocycles. The van der Waals surface area contributed by atoms with E-state index in [2.05, 4.69) is 18.7 Å². The van der Waals surface area contributed by atoms with Crippen molar-refractivity contribution in [2.24, 2.45) is 5.73 Å². The number of hydrogen-bond acceptors (Lipinski definition) is 4. The summed E-state index contributed by atoms with van der Waals surface area (Å²) < 4.78 is 5.31. The van der Waals surface area contributed by atoms with E-state index in [1.807, 2.05) is 39.0 Å². The normalized spacial score (nSPS) is 12.5. The number of nitrogens with two attached hydrogens (primary N) is 1. The molecule has 1 aromatic carbocycles. The Morgan fingerprint density at radius 3 is 2.41 bits per heavy atom. The molecule has 0 fully saturated rings. The van der Waals surface area contributed by atoms with Gasteiger partial charge < -0.3 is 10.5 Å². The van der Waals surface area contributed by atoms with Gasteiger partial charge in [-0.1, -0.05) is 48.7 Å². The Kier molecular flexibility index (Phi) is 6.75. The Morgan fingerprint density at radius 2 is 1.86 bits per heavy atom. The largest absolute Gasteiger partial charge is 0.457 e. The molecule has 0 aliphatic rings. The van der Waals surface area contributed by atoms with Gasteiger partial charge in [0.15, 0.2) is 0 Å². The molecule has 22 heavy (non-hydrogen) atoms. The minimum atomic E-state index is -0.520. The fraction of sp³-hybridized carbons (Fsp3) is 0.389. The molecule has 0 spiro atoms. The summed E-state index contributed by atoms with van der Waals surface area (Å²) in [7, 11) is 0. The summed E-state index contributed by atoms with van der Waals surface area (Å²) in [5.41, 5.74) is 7.16. The summed E-state index contributed by atoms with van der Waals surface area (Å²) >= 11 is 1.34. The van der Waals surface area contributed by atoms with Crippen molar-refractivity contribution >= 4 is 17.7 Å². The summed E-state index contributed by atoms with van der Waals surface area (Å²) in [6, 6.07) is 10.2. The van der Waals surface area contributed by atoms with Gasteiger partial charge in [0.05, 0.1) is 10.6 Å². The average Bonchev–Trinajstić information content (AvgIpc) is 2.43. The molecule has 0 saturated carbocycles. The highest BCUT2D eigenvalue weighted by Crippen LogP contribution is 2.27. The molecule has 0 aliphatic carbocycles. The van der Waals surface area contributed by atoms with E-state index < -0.39 is 5.60 Å². The van der Waals surface area contributed by atoms with Gasteiger partial charge in [-0.2, -0.15) is 0 Å². The Bertz CT molecular complexity index is 556. The van der Waals surface area contributed by atoms with Crippen LogP contribution in [0, 0.1) is 0 Å². The summed E-state index contributed by atoms with van der Waals surface area (Å²) in [5.74, 6) is -0.381. The van der Waals surface area contributed by atoms with E-state index in [1.54, 1.807) is 6.92 Å². The van der Waals surface area contributed by atoms with E-state index in [0.29, 0.717) is 10.6 Å². The lowest BCUT2D eigenvalue weighted by Gasteiger charge is -2.20. The third-order valence-electron chi connectivity index (χ3n) is 2.86. The predicted molar refractivity (Wildman–Crippen MR) is 94.2 cm³/mol. The summed E-state index contributed by atoms with van der Waals surface area (Å²) in [4.78, 5) is 12.9. The standard InChI is InChI=1S/C18H25NO2S/c1-13(11-12-15-9-7-6-8-10-15)22-16(19)14(2)17(20)21-18(3,4)5/h6-10H,1,11-12,19H2,2-5H3/b16-14+. The third kappa shape index (κ3) is 6.85. The number of rotatable bonds is 6. The Balaban J connectivity index is 2.55. The molecule has 0 amide bonds. The molecule has 3 nitrogen and oxygen atoms in total. The highest BCUT2D eigenvalue weighted by atomic mass is 32.2. The van der Waals surface area contributed by atoms with Gasteiger partial charge in [0, 0.05) is 0 Å².